The number of hydrogen-bond donors (Lipinski definition) is 1. The predicted molar refractivity (Wildman–Crippen MR) is 58.8 cm³/mol. The monoisotopic (exact) mass is 225 g/mol. The lowest BCUT2D eigenvalue weighted by molar-refractivity contribution is 0.00690. The normalized spacial score (nSPS) is 20.8. The van der Waals surface area contributed by atoms with Crippen LogP contribution >= 0.6 is 0 Å². The van der Waals surface area contributed by atoms with Gasteiger partial charge in [-0.3, -0.25) is 0 Å². The van der Waals surface area contributed by atoms with E-state index in [9.17, 15) is 4.39 Å². The van der Waals surface area contributed by atoms with Crippen LogP contribution in [0.25, 0.3) is 0 Å². The third-order valence-electron chi connectivity index (χ3n) is 2.69. The molecule has 16 heavy (non-hydrogen) atoms. The highest BCUT2D eigenvalue weighted by molar-refractivity contribution is 5.34. The van der Waals surface area contributed by atoms with E-state index in [1.165, 1.54) is 6.07 Å². The van der Waals surface area contributed by atoms with E-state index in [1.807, 2.05) is 0 Å². The molecule has 1 heterocycles. The molecule has 1 unspecified atom stereocenters. The third kappa shape index (κ3) is 2.51. The molecule has 0 radical (unpaired) electrons. The SMILES string of the molecule is NCc1c(F)cccc1OC1CCCOC1. The fourth-order valence-corrected chi connectivity index (χ4v) is 1.83. The highest BCUT2D eigenvalue weighted by atomic mass is 19.1. The second-order valence-corrected chi connectivity index (χ2v) is 3.88. The third-order valence-corrected chi connectivity index (χ3v) is 2.69. The summed E-state index contributed by atoms with van der Waals surface area (Å²) in [6.45, 7) is 1.50. The first-order valence-corrected chi connectivity index (χ1v) is 5.53. The Hall–Kier alpha value is -1.13. The quantitative estimate of drug-likeness (QED) is 0.853. The van der Waals surface area contributed by atoms with Gasteiger partial charge >= 0.3 is 0 Å². The van der Waals surface area contributed by atoms with E-state index in [0.717, 1.165) is 19.4 Å². The molecule has 1 aliphatic heterocycles. The number of hydrogen-bond acceptors (Lipinski definition) is 3. The van der Waals surface area contributed by atoms with E-state index in [0.29, 0.717) is 17.9 Å². The molecule has 0 saturated carbocycles. The van der Waals surface area contributed by atoms with Gasteiger partial charge < -0.3 is 15.2 Å². The minimum absolute atomic E-state index is 0.0147. The van der Waals surface area contributed by atoms with Crippen molar-refractivity contribution in [2.24, 2.45) is 5.73 Å². The van der Waals surface area contributed by atoms with Gasteiger partial charge in [0.05, 0.1) is 6.61 Å². The number of halogens is 1. The summed E-state index contributed by atoms with van der Waals surface area (Å²) in [6.07, 6.45) is 1.94. The molecule has 0 aliphatic carbocycles. The molecule has 0 bridgehead atoms. The summed E-state index contributed by atoms with van der Waals surface area (Å²) in [6, 6.07) is 4.78. The molecule has 3 nitrogen and oxygen atoms in total. The van der Waals surface area contributed by atoms with Crippen molar-refractivity contribution in [2.45, 2.75) is 25.5 Å². The molecule has 1 atom stereocenters. The van der Waals surface area contributed by atoms with Crippen LogP contribution in [0.4, 0.5) is 4.39 Å². The number of rotatable bonds is 3. The fraction of sp³-hybridized carbons (Fsp3) is 0.500. The Morgan fingerprint density at radius 3 is 3.06 bits per heavy atom. The Morgan fingerprint density at radius 1 is 1.50 bits per heavy atom. The van der Waals surface area contributed by atoms with Crippen LogP contribution in [0.3, 0.4) is 0 Å². The van der Waals surface area contributed by atoms with Gasteiger partial charge in [-0.2, -0.15) is 0 Å². The minimum Gasteiger partial charge on any atom is -0.488 e. The van der Waals surface area contributed by atoms with Gasteiger partial charge in [-0.1, -0.05) is 6.07 Å². The maximum atomic E-state index is 13.4. The fourth-order valence-electron chi connectivity index (χ4n) is 1.83. The summed E-state index contributed by atoms with van der Waals surface area (Å²) in [5, 5.41) is 0. The Balaban J connectivity index is 2.10. The van der Waals surface area contributed by atoms with Crippen LogP contribution in [0, 0.1) is 5.82 Å². The largest absolute Gasteiger partial charge is 0.488 e. The summed E-state index contributed by atoms with van der Waals surface area (Å²) in [4.78, 5) is 0. The van der Waals surface area contributed by atoms with E-state index in [4.69, 9.17) is 15.2 Å². The van der Waals surface area contributed by atoms with Gasteiger partial charge in [0.1, 0.15) is 17.7 Å². The summed E-state index contributed by atoms with van der Waals surface area (Å²) >= 11 is 0. The lowest BCUT2D eigenvalue weighted by atomic mass is 10.1. The summed E-state index contributed by atoms with van der Waals surface area (Å²) in [5.74, 6) is 0.231. The Labute approximate surface area is 94.3 Å². The van der Waals surface area contributed by atoms with Gasteiger partial charge in [0.25, 0.3) is 0 Å². The molecule has 1 saturated heterocycles. The van der Waals surface area contributed by atoms with Crippen LogP contribution in [-0.4, -0.2) is 19.3 Å². The van der Waals surface area contributed by atoms with Crippen LogP contribution in [0.1, 0.15) is 18.4 Å². The molecule has 2 rings (SSSR count). The molecule has 0 aromatic heterocycles. The van der Waals surface area contributed by atoms with Crippen molar-refractivity contribution in [3.05, 3.63) is 29.6 Å². The van der Waals surface area contributed by atoms with Gasteiger partial charge in [0.2, 0.25) is 0 Å². The molecule has 2 N–H and O–H groups in total. The average Bonchev–Trinajstić information content (AvgIpc) is 2.31. The summed E-state index contributed by atoms with van der Waals surface area (Å²) in [7, 11) is 0. The standard InChI is InChI=1S/C12H16FNO2/c13-11-4-1-5-12(10(11)7-14)16-9-3-2-6-15-8-9/h1,4-5,9H,2-3,6-8,14H2. The molecule has 4 heteroatoms. The zero-order valence-electron chi connectivity index (χ0n) is 9.12. The van der Waals surface area contributed by atoms with E-state index in [1.54, 1.807) is 12.1 Å². The smallest absolute Gasteiger partial charge is 0.131 e. The van der Waals surface area contributed by atoms with E-state index >= 15 is 0 Å². The van der Waals surface area contributed by atoms with E-state index < -0.39 is 0 Å². The number of ether oxygens (including phenoxy) is 2. The lowest BCUT2D eigenvalue weighted by Crippen LogP contribution is -2.28. The first-order chi connectivity index (χ1) is 7.81. The molecular weight excluding hydrogens is 209 g/mol. The Kier molecular flexibility index (Phi) is 3.74. The van der Waals surface area contributed by atoms with Crippen LogP contribution < -0.4 is 10.5 Å². The average molecular weight is 225 g/mol. The first-order valence-electron chi connectivity index (χ1n) is 5.53. The van der Waals surface area contributed by atoms with Gasteiger partial charge in [-0.15, -0.1) is 0 Å². The van der Waals surface area contributed by atoms with Gasteiger partial charge in [-0.05, 0) is 25.0 Å². The second-order valence-electron chi connectivity index (χ2n) is 3.88. The van der Waals surface area contributed by atoms with Crippen molar-refractivity contribution >= 4 is 0 Å². The zero-order chi connectivity index (χ0) is 11.4. The van der Waals surface area contributed by atoms with Crippen LogP contribution in [-0.2, 0) is 11.3 Å². The summed E-state index contributed by atoms with van der Waals surface area (Å²) < 4.78 is 24.4. The predicted octanol–water partition coefficient (Wildman–Crippen LogP) is 1.84. The number of benzene rings is 1. The topological polar surface area (TPSA) is 44.5 Å². The molecule has 0 amide bonds. The maximum Gasteiger partial charge on any atom is 0.131 e. The van der Waals surface area contributed by atoms with Gasteiger partial charge in [0.15, 0.2) is 0 Å². The highest BCUT2D eigenvalue weighted by Gasteiger charge is 2.17. The van der Waals surface area contributed by atoms with Crippen molar-refractivity contribution in [3.8, 4) is 5.75 Å². The first kappa shape index (κ1) is 11.4. The van der Waals surface area contributed by atoms with Crippen molar-refractivity contribution in [1.82, 2.24) is 0 Å². The van der Waals surface area contributed by atoms with Crippen molar-refractivity contribution < 1.29 is 13.9 Å². The summed E-state index contributed by atoms with van der Waals surface area (Å²) in [5.41, 5.74) is 5.94. The van der Waals surface area contributed by atoms with Crippen molar-refractivity contribution in [3.63, 3.8) is 0 Å². The lowest BCUT2D eigenvalue weighted by Gasteiger charge is -2.24. The number of nitrogens with two attached hydrogens (primary N) is 1. The van der Waals surface area contributed by atoms with E-state index in [-0.39, 0.29) is 18.5 Å². The zero-order valence-corrected chi connectivity index (χ0v) is 9.12. The minimum atomic E-state index is -0.309. The van der Waals surface area contributed by atoms with Crippen LogP contribution in [0.2, 0.25) is 0 Å². The molecule has 1 aliphatic rings. The Morgan fingerprint density at radius 2 is 2.38 bits per heavy atom. The van der Waals surface area contributed by atoms with Crippen LogP contribution in [0.5, 0.6) is 5.75 Å². The molecular formula is C12H16FNO2. The van der Waals surface area contributed by atoms with Crippen molar-refractivity contribution in [2.75, 3.05) is 13.2 Å². The second kappa shape index (κ2) is 5.27. The Bertz CT molecular complexity index is 351. The van der Waals surface area contributed by atoms with E-state index in [2.05, 4.69) is 0 Å². The molecule has 1 aromatic carbocycles. The maximum absolute atomic E-state index is 13.4. The molecule has 1 aromatic rings. The van der Waals surface area contributed by atoms with Gasteiger partial charge in [-0.25, -0.2) is 4.39 Å². The molecule has 0 spiro atoms. The molecule has 88 valence electrons. The van der Waals surface area contributed by atoms with Gasteiger partial charge in [0, 0.05) is 18.7 Å². The molecule has 1 fully saturated rings. The van der Waals surface area contributed by atoms with Crippen molar-refractivity contribution in [1.29, 1.82) is 0 Å². The van der Waals surface area contributed by atoms with Crippen LogP contribution in [0.15, 0.2) is 18.2 Å². The highest BCUT2D eigenvalue weighted by Crippen LogP contribution is 2.24.